The van der Waals surface area contributed by atoms with Crippen LogP contribution in [0.2, 0.25) is 0 Å². The van der Waals surface area contributed by atoms with Crippen LogP contribution in [0.25, 0.3) is 0 Å². The molecule has 0 aliphatic carbocycles. The standard InChI is InChI=1S/C12H15NO4/c1-2-13-11(14)7-8-17-10-5-3-9(4-6-10)12(15)16/h3-6H,2,7-8H2,1H3,(H,13,14)(H,15,16). The van der Waals surface area contributed by atoms with Gasteiger partial charge in [-0.15, -0.1) is 0 Å². The third-order valence-electron chi connectivity index (χ3n) is 2.07. The lowest BCUT2D eigenvalue weighted by atomic mass is 10.2. The first kappa shape index (κ1) is 13.0. The van der Waals surface area contributed by atoms with Gasteiger partial charge in [0.1, 0.15) is 5.75 Å². The van der Waals surface area contributed by atoms with Crippen LogP contribution in [-0.4, -0.2) is 30.1 Å². The van der Waals surface area contributed by atoms with E-state index in [9.17, 15) is 9.59 Å². The number of amides is 1. The third kappa shape index (κ3) is 4.55. The van der Waals surface area contributed by atoms with Crippen molar-refractivity contribution < 1.29 is 19.4 Å². The van der Waals surface area contributed by atoms with Crippen molar-refractivity contribution in [2.75, 3.05) is 13.2 Å². The van der Waals surface area contributed by atoms with Gasteiger partial charge in [-0.3, -0.25) is 4.79 Å². The number of hydrogen-bond acceptors (Lipinski definition) is 3. The van der Waals surface area contributed by atoms with Crippen LogP contribution < -0.4 is 10.1 Å². The van der Waals surface area contributed by atoms with E-state index < -0.39 is 5.97 Å². The summed E-state index contributed by atoms with van der Waals surface area (Å²) in [5.74, 6) is -0.479. The fourth-order valence-corrected chi connectivity index (χ4v) is 1.24. The second-order valence-corrected chi connectivity index (χ2v) is 3.38. The van der Waals surface area contributed by atoms with E-state index in [2.05, 4.69) is 5.32 Å². The molecular formula is C12H15NO4. The molecule has 5 nitrogen and oxygen atoms in total. The lowest BCUT2D eigenvalue weighted by molar-refractivity contribution is -0.121. The van der Waals surface area contributed by atoms with Crippen LogP contribution in [0.4, 0.5) is 0 Å². The first-order valence-electron chi connectivity index (χ1n) is 5.36. The van der Waals surface area contributed by atoms with E-state index in [-0.39, 0.29) is 24.5 Å². The van der Waals surface area contributed by atoms with Crippen molar-refractivity contribution >= 4 is 11.9 Å². The summed E-state index contributed by atoms with van der Waals surface area (Å²) < 4.78 is 5.30. The molecule has 0 aliphatic heterocycles. The van der Waals surface area contributed by atoms with Gasteiger partial charge in [0.05, 0.1) is 18.6 Å². The molecule has 0 atom stereocenters. The molecule has 5 heteroatoms. The number of rotatable bonds is 6. The molecule has 1 amide bonds. The topological polar surface area (TPSA) is 75.6 Å². The molecule has 1 aromatic carbocycles. The highest BCUT2D eigenvalue weighted by Gasteiger charge is 2.03. The number of carbonyl (C=O) groups is 2. The summed E-state index contributed by atoms with van der Waals surface area (Å²) in [5, 5.41) is 11.3. The van der Waals surface area contributed by atoms with Gasteiger partial charge in [-0.2, -0.15) is 0 Å². The molecular weight excluding hydrogens is 222 g/mol. The summed E-state index contributed by atoms with van der Waals surface area (Å²) in [6, 6.07) is 6.07. The quantitative estimate of drug-likeness (QED) is 0.781. The Morgan fingerprint density at radius 1 is 1.29 bits per heavy atom. The number of nitrogens with one attached hydrogen (secondary N) is 1. The summed E-state index contributed by atoms with van der Waals surface area (Å²) >= 11 is 0. The molecule has 2 N–H and O–H groups in total. The molecule has 0 saturated heterocycles. The molecule has 1 rings (SSSR count). The fourth-order valence-electron chi connectivity index (χ4n) is 1.24. The predicted molar refractivity (Wildman–Crippen MR) is 62.2 cm³/mol. The van der Waals surface area contributed by atoms with Gasteiger partial charge in [-0.25, -0.2) is 4.79 Å². The molecule has 1 aromatic rings. The van der Waals surface area contributed by atoms with Gasteiger partial charge in [0.15, 0.2) is 0 Å². The van der Waals surface area contributed by atoms with Crippen molar-refractivity contribution in [1.82, 2.24) is 5.32 Å². The average molecular weight is 237 g/mol. The summed E-state index contributed by atoms with van der Waals surface area (Å²) in [6.07, 6.45) is 0.286. The van der Waals surface area contributed by atoms with Gasteiger partial charge >= 0.3 is 5.97 Å². The fraction of sp³-hybridized carbons (Fsp3) is 0.333. The van der Waals surface area contributed by atoms with E-state index >= 15 is 0 Å². The van der Waals surface area contributed by atoms with Crippen molar-refractivity contribution in [3.8, 4) is 5.75 Å². The van der Waals surface area contributed by atoms with Crippen molar-refractivity contribution in [2.24, 2.45) is 0 Å². The van der Waals surface area contributed by atoms with Gasteiger partial charge in [-0.1, -0.05) is 0 Å². The Morgan fingerprint density at radius 2 is 1.94 bits per heavy atom. The highest BCUT2D eigenvalue weighted by molar-refractivity contribution is 5.87. The second kappa shape index (κ2) is 6.52. The number of aromatic carboxylic acids is 1. The minimum atomic E-state index is -0.973. The summed E-state index contributed by atoms with van der Waals surface area (Å²) in [7, 11) is 0. The van der Waals surface area contributed by atoms with Crippen molar-refractivity contribution in [1.29, 1.82) is 0 Å². The molecule has 0 radical (unpaired) electrons. The van der Waals surface area contributed by atoms with E-state index in [1.54, 1.807) is 12.1 Å². The molecule has 0 saturated carbocycles. The van der Waals surface area contributed by atoms with E-state index in [0.717, 1.165) is 0 Å². The lowest BCUT2D eigenvalue weighted by Gasteiger charge is -2.06. The van der Waals surface area contributed by atoms with Gasteiger partial charge in [-0.05, 0) is 31.2 Å². The monoisotopic (exact) mass is 237 g/mol. The smallest absolute Gasteiger partial charge is 0.335 e. The van der Waals surface area contributed by atoms with Crippen molar-refractivity contribution in [3.63, 3.8) is 0 Å². The van der Waals surface area contributed by atoms with Crippen LogP contribution in [0.15, 0.2) is 24.3 Å². The lowest BCUT2D eigenvalue weighted by Crippen LogP contribution is -2.24. The molecule has 0 aliphatic rings. The molecule has 0 fully saturated rings. The normalized spacial score (nSPS) is 9.71. The van der Waals surface area contributed by atoms with Gasteiger partial charge in [0.2, 0.25) is 5.91 Å². The van der Waals surface area contributed by atoms with Crippen LogP contribution in [-0.2, 0) is 4.79 Å². The Kier molecular flexibility index (Phi) is 5.00. The van der Waals surface area contributed by atoms with Gasteiger partial charge < -0.3 is 15.2 Å². The van der Waals surface area contributed by atoms with Gasteiger partial charge in [0.25, 0.3) is 0 Å². The molecule has 92 valence electrons. The minimum Gasteiger partial charge on any atom is -0.493 e. The van der Waals surface area contributed by atoms with Crippen LogP contribution in [0, 0.1) is 0 Å². The van der Waals surface area contributed by atoms with Crippen LogP contribution >= 0.6 is 0 Å². The summed E-state index contributed by atoms with van der Waals surface area (Å²) in [6.45, 7) is 2.73. The minimum absolute atomic E-state index is 0.0605. The van der Waals surface area contributed by atoms with E-state index in [1.807, 2.05) is 6.92 Å². The van der Waals surface area contributed by atoms with Crippen molar-refractivity contribution in [2.45, 2.75) is 13.3 Å². The second-order valence-electron chi connectivity index (χ2n) is 3.38. The van der Waals surface area contributed by atoms with Crippen LogP contribution in [0.1, 0.15) is 23.7 Å². The predicted octanol–water partition coefficient (Wildman–Crippen LogP) is 1.29. The van der Waals surface area contributed by atoms with E-state index in [1.165, 1.54) is 12.1 Å². The number of carboxylic acid groups (broad SMARTS) is 1. The Hall–Kier alpha value is -2.04. The average Bonchev–Trinajstić information content (AvgIpc) is 2.30. The first-order chi connectivity index (χ1) is 8.13. The highest BCUT2D eigenvalue weighted by atomic mass is 16.5. The number of carbonyl (C=O) groups excluding carboxylic acids is 1. The largest absolute Gasteiger partial charge is 0.493 e. The van der Waals surface area contributed by atoms with E-state index in [4.69, 9.17) is 9.84 Å². The molecule has 0 aromatic heterocycles. The molecule has 0 spiro atoms. The maximum atomic E-state index is 11.1. The molecule has 0 unspecified atom stereocenters. The zero-order chi connectivity index (χ0) is 12.7. The number of carboxylic acids is 1. The number of ether oxygens (including phenoxy) is 1. The molecule has 17 heavy (non-hydrogen) atoms. The summed E-state index contributed by atoms with van der Waals surface area (Å²) in [4.78, 5) is 21.7. The Morgan fingerprint density at radius 3 is 2.47 bits per heavy atom. The number of hydrogen-bond donors (Lipinski definition) is 2. The maximum absolute atomic E-state index is 11.1. The highest BCUT2D eigenvalue weighted by Crippen LogP contribution is 2.12. The first-order valence-corrected chi connectivity index (χ1v) is 5.36. The Labute approximate surface area is 99.4 Å². The Balaban J connectivity index is 2.37. The zero-order valence-electron chi connectivity index (χ0n) is 9.60. The van der Waals surface area contributed by atoms with E-state index in [0.29, 0.717) is 12.3 Å². The molecule has 0 bridgehead atoms. The van der Waals surface area contributed by atoms with Crippen molar-refractivity contribution in [3.05, 3.63) is 29.8 Å². The number of benzene rings is 1. The Bertz CT molecular complexity index is 386. The summed E-state index contributed by atoms with van der Waals surface area (Å²) in [5.41, 5.74) is 0.209. The zero-order valence-corrected chi connectivity index (χ0v) is 9.60. The van der Waals surface area contributed by atoms with Crippen LogP contribution in [0.5, 0.6) is 5.75 Å². The van der Waals surface area contributed by atoms with Gasteiger partial charge in [0, 0.05) is 6.54 Å². The SMILES string of the molecule is CCNC(=O)CCOc1ccc(C(=O)O)cc1. The third-order valence-corrected chi connectivity index (χ3v) is 2.07. The van der Waals surface area contributed by atoms with Crippen LogP contribution in [0.3, 0.4) is 0 Å². The maximum Gasteiger partial charge on any atom is 0.335 e. The molecule has 0 heterocycles.